The highest BCUT2D eigenvalue weighted by atomic mass is 19.3. The van der Waals surface area contributed by atoms with Crippen LogP contribution in [0.5, 0.6) is 0 Å². The van der Waals surface area contributed by atoms with Gasteiger partial charge in [0.25, 0.3) is 5.92 Å². The Labute approximate surface area is 193 Å². The fraction of sp³-hybridized carbons (Fsp3) is 0.182. The van der Waals surface area contributed by atoms with E-state index in [9.17, 15) is 27.1 Å². The number of alkyl halides is 4. The molecular weight excluding hydrogens is 483 g/mol. The SMILES string of the molecule is N=CN(CC(O)(c1ccc(F)cc1F)C(F)(F)c1ccc(C(F)(F)c2ccc(F)cc2)cn1)N=N. The van der Waals surface area contributed by atoms with Crippen molar-refractivity contribution in [1.29, 1.82) is 10.9 Å². The smallest absolute Gasteiger partial charge is 0.323 e. The largest absolute Gasteiger partial charge is 0.377 e. The standard InChI is InChI=1S/C22H16F7N5O/c23-15-4-1-13(2-5-15)21(26,27)14-3-8-19(32-10-14)22(28,29)20(35,11-34(12-30)33-31)17-7-6-16(24)9-18(17)25/h1-10,12,30-31,35H,11H2. The molecule has 0 spiro atoms. The minimum Gasteiger partial charge on any atom is -0.377 e. The van der Waals surface area contributed by atoms with Crippen molar-refractivity contribution in [3.8, 4) is 0 Å². The minimum atomic E-state index is -4.51. The Bertz CT molecular complexity index is 1210. The number of aromatic nitrogens is 1. The number of hydrogen-bond donors (Lipinski definition) is 3. The van der Waals surface area contributed by atoms with Gasteiger partial charge in [-0.2, -0.15) is 23.1 Å². The summed E-state index contributed by atoms with van der Waals surface area (Å²) in [4.78, 5) is 3.34. The van der Waals surface area contributed by atoms with Gasteiger partial charge < -0.3 is 5.11 Å². The lowest BCUT2D eigenvalue weighted by atomic mass is 9.84. The zero-order chi connectivity index (χ0) is 26.0. The number of pyridine rings is 1. The molecular formula is C22H16F7N5O. The maximum Gasteiger partial charge on any atom is 0.323 e. The second-order valence-electron chi connectivity index (χ2n) is 7.40. The third kappa shape index (κ3) is 4.71. The third-order valence-corrected chi connectivity index (χ3v) is 5.22. The number of rotatable bonds is 9. The Morgan fingerprint density at radius 2 is 1.51 bits per heavy atom. The highest BCUT2D eigenvalue weighted by Crippen LogP contribution is 2.46. The summed E-state index contributed by atoms with van der Waals surface area (Å²) in [6, 6.07) is 5.67. The van der Waals surface area contributed by atoms with Gasteiger partial charge in [0.2, 0.25) is 0 Å². The van der Waals surface area contributed by atoms with Crippen molar-refractivity contribution in [3.05, 3.63) is 101 Å². The monoisotopic (exact) mass is 499 g/mol. The summed E-state index contributed by atoms with van der Waals surface area (Å²) in [6.07, 6.45) is 0.715. The van der Waals surface area contributed by atoms with Crippen molar-refractivity contribution in [1.82, 2.24) is 9.99 Å². The van der Waals surface area contributed by atoms with Gasteiger partial charge >= 0.3 is 5.92 Å². The van der Waals surface area contributed by atoms with Crippen LogP contribution in [0.25, 0.3) is 0 Å². The molecule has 0 saturated heterocycles. The van der Waals surface area contributed by atoms with E-state index >= 15 is 8.78 Å². The van der Waals surface area contributed by atoms with Gasteiger partial charge in [-0.1, -0.05) is 5.22 Å². The highest BCUT2D eigenvalue weighted by Gasteiger charge is 2.58. The molecule has 3 N–H and O–H groups in total. The van der Waals surface area contributed by atoms with E-state index in [0.29, 0.717) is 36.8 Å². The lowest BCUT2D eigenvalue weighted by Gasteiger charge is -2.37. The van der Waals surface area contributed by atoms with Crippen molar-refractivity contribution in [2.75, 3.05) is 6.54 Å². The van der Waals surface area contributed by atoms with Gasteiger partial charge in [0, 0.05) is 29.0 Å². The molecule has 1 unspecified atom stereocenters. The molecule has 1 aromatic heterocycles. The fourth-order valence-corrected chi connectivity index (χ4v) is 3.33. The zero-order valence-corrected chi connectivity index (χ0v) is 17.5. The Kier molecular flexibility index (Phi) is 6.92. The van der Waals surface area contributed by atoms with Crippen LogP contribution in [0.15, 0.2) is 66.0 Å². The molecule has 6 nitrogen and oxygen atoms in total. The lowest BCUT2D eigenvalue weighted by Crippen LogP contribution is -2.51. The zero-order valence-electron chi connectivity index (χ0n) is 17.5. The molecule has 0 saturated carbocycles. The van der Waals surface area contributed by atoms with Gasteiger partial charge in [-0.3, -0.25) is 10.4 Å². The second kappa shape index (κ2) is 9.41. The van der Waals surface area contributed by atoms with Crippen LogP contribution < -0.4 is 0 Å². The van der Waals surface area contributed by atoms with E-state index in [1.54, 1.807) is 0 Å². The molecule has 0 radical (unpaired) electrons. The van der Waals surface area contributed by atoms with Crippen LogP contribution in [0, 0.1) is 28.4 Å². The molecule has 1 atom stereocenters. The molecule has 0 bridgehead atoms. The van der Waals surface area contributed by atoms with E-state index in [-0.39, 0.29) is 11.1 Å². The van der Waals surface area contributed by atoms with Crippen LogP contribution in [0.4, 0.5) is 30.7 Å². The molecule has 0 fully saturated rings. The van der Waals surface area contributed by atoms with Gasteiger partial charge in [0.15, 0.2) is 5.60 Å². The molecule has 184 valence electrons. The average molecular weight is 499 g/mol. The summed E-state index contributed by atoms with van der Waals surface area (Å²) < 4.78 is 102. The molecule has 0 amide bonds. The van der Waals surface area contributed by atoms with E-state index in [4.69, 9.17) is 10.9 Å². The van der Waals surface area contributed by atoms with Crippen LogP contribution in [0.3, 0.4) is 0 Å². The number of nitrogens with zero attached hydrogens (tertiary/aromatic N) is 3. The first kappa shape index (κ1) is 25.7. The number of hydrogen-bond acceptors (Lipinski definition) is 5. The van der Waals surface area contributed by atoms with Gasteiger partial charge in [0.1, 0.15) is 29.5 Å². The van der Waals surface area contributed by atoms with E-state index < -0.39 is 63.8 Å². The Morgan fingerprint density at radius 3 is 2.03 bits per heavy atom. The summed E-state index contributed by atoms with van der Waals surface area (Å²) >= 11 is 0. The first-order valence-electron chi connectivity index (χ1n) is 9.68. The summed E-state index contributed by atoms with van der Waals surface area (Å²) in [6.45, 7) is -1.34. The number of halogens is 7. The van der Waals surface area contributed by atoms with Crippen LogP contribution in [0.2, 0.25) is 0 Å². The molecule has 35 heavy (non-hydrogen) atoms. The van der Waals surface area contributed by atoms with Gasteiger partial charge in [0.05, 0.1) is 6.54 Å². The molecule has 0 aliphatic rings. The van der Waals surface area contributed by atoms with Crippen molar-refractivity contribution >= 4 is 6.34 Å². The van der Waals surface area contributed by atoms with Crippen LogP contribution in [-0.4, -0.2) is 28.0 Å². The third-order valence-electron chi connectivity index (χ3n) is 5.22. The number of nitrogens with one attached hydrogen (secondary N) is 2. The van der Waals surface area contributed by atoms with Gasteiger partial charge in [-0.25, -0.2) is 18.2 Å². The fourth-order valence-electron chi connectivity index (χ4n) is 3.33. The maximum atomic E-state index is 15.6. The molecule has 0 aliphatic heterocycles. The molecule has 2 aromatic carbocycles. The maximum absolute atomic E-state index is 15.6. The molecule has 13 heteroatoms. The van der Waals surface area contributed by atoms with Gasteiger partial charge in [-0.15, -0.1) is 0 Å². The quantitative estimate of drug-likeness (QED) is 0.120. The van der Waals surface area contributed by atoms with E-state index in [0.717, 1.165) is 24.3 Å². The summed E-state index contributed by atoms with van der Waals surface area (Å²) in [5.41, 5.74) is -0.452. The second-order valence-corrected chi connectivity index (χ2v) is 7.40. The minimum absolute atomic E-state index is 0.239. The first-order valence-corrected chi connectivity index (χ1v) is 9.68. The van der Waals surface area contributed by atoms with Crippen molar-refractivity contribution in [2.24, 2.45) is 5.22 Å². The summed E-state index contributed by atoms with van der Waals surface area (Å²) in [7, 11) is 0. The number of benzene rings is 2. The van der Waals surface area contributed by atoms with Crippen LogP contribution in [-0.2, 0) is 17.4 Å². The van der Waals surface area contributed by atoms with E-state index in [2.05, 4.69) is 10.2 Å². The summed E-state index contributed by atoms with van der Waals surface area (Å²) in [5, 5.41) is 21.1. The Balaban J connectivity index is 2.08. The van der Waals surface area contributed by atoms with Crippen molar-refractivity contribution in [3.63, 3.8) is 0 Å². The predicted molar refractivity (Wildman–Crippen MR) is 108 cm³/mol. The Morgan fingerprint density at radius 1 is 0.914 bits per heavy atom. The predicted octanol–water partition coefficient (Wildman–Crippen LogP) is 5.47. The molecule has 3 aromatic rings. The Hall–Kier alpha value is -3.87. The van der Waals surface area contributed by atoms with Crippen LogP contribution >= 0.6 is 0 Å². The topological polar surface area (TPSA) is 96.4 Å². The van der Waals surface area contributed by atoms with Crippen molar-refractivity contribution < 1.29 is 35.8 Å². The first-order chi connectivity index (χ1) is 16.4. The van der Waals surface area contributed by atoms with Crippen LogP contribution in [0.1, 0.15) is 22.4 Å². The lowest BCUT2D eigenvalue weighted by molar-refractivity contribution is -0.204. The summed E-state index contributed by atoms with van der Waals surface area (Å²) in [5.74, 6) is -11.7. The van der Waals surface area contributed by atoms with Gasteiger partial charge in [-0.05, 0) is 48.5 Å². The highest BCUT2D eigenvalue weighted by molar-refractivity contribution is 5.50. The van der Waals surface area contributed by atoms with E-state index in [1.165, 1.54) is 0 Å². The van der Waals surface area contributed by atoms with Crippen molar-refractivity contribution in [2.45, 2.75) is 17.4 Å². The molecule has 1 heterocycles. The average Bonchev–Trinajstić information content (AvgIpc) is 2.82. The molecule has 0 aliphatic carbocycles. The van der Waals surface area contributed by atoms with E-state index in [1.807, 2.05) is 0 Å². The molecule has 3 rings (SSSR count). The normalized spacial score (nSPS) is 13.7. The number of aliphatic hydroxyl groups is 1.